The van der Waals surface area contributed by atoms with E-state index in [0.717, 1.165) is 14.2 Å². The number of hydrogen-bond donors (Lipinski definition) is 0. The molecule has 0 bridgehead atoms. The van der Waals surface area contributed by atoms with Crippen LogP contribution in [-0.4, -0.2) is 41.5 Å². The fourth-order valence-corrected chi connectivity index (χ4v) is 2.49. The van der Waals surface area contributed by atoms with Gasteiger partial charge in [-0.2, -0.15) is 0 Å². The largest absolute Gasteiger partial charge is 0.469 e. The van der Waals surface area contributed by atoms with Crippen molar-refractivity contribution in [3.63, 3.8) is 0 Å². The van der Waals surface area contributed by atoms with Gasteiger partial charge in [0.1, 0.15) is 5.76 Å². The molecule has 1 unspecified atom stereocenters. The number of furan rings is 1. The van der Waals surface area contributed by atoms with E-state index in [1.54, 1.807) is 29.9 Å². The van der Waals surface area contributed by atoms with Gasteiger partial charge in [0.15, 0.2) is 17.5 Å². The molecule has 2 aromatic rings. The predicted octanol–water partition coefficient (Wildman–Crippen LogP) is 1.33. The van der Waals surface area contributed by atoms with Crippen LogP contribution in [0, 0.1) is 5.92 Å². The second-order valence-corrected chi connectivity index (χ2v) is 5.13. The minimum absolute atomic E-state index is 0.159. The molecule has 2 heterocycles. The van der Waals surface area contributed by atoms with Crippen LogP contribution in [0.15, 0.2) is 35.2 Å². The average Bonchev–Trinajstić information content (AvgIpc) is 3.24. The minimum Gasteiger partial charge on any atom is -0.469 e. The first-order valence-corrected chi connectivity index (χ1v) is 7.19. The van der Waals surface area contributed by atoms with Crippen molar-refractivity contribution < 1.29 is 28.3 Å². The van der Waals surface area contributed by atoms with Crippen LogP contribution in [0.4, 0.5) is 0 Å². The summed E-state index contributed by atoms with van der Waals surface area (Å²) in [6.45, 7) is 0. The summed E-state index contributed by atoms with van der Waals surface area (Å²) in [6.07, 6.45) is 4.37. The molecule has 1 atom stereocenters. The first-order chi connectivity index (χ1) is 11.5. The van der Waals surface area contributed by atoms with Crippen LogP contribution in [0.1, 0.15) is 28.7 Å². The highest BCUT2D eigenvalue weighted by Gasteiger charge is 2.41. The molecule has 128 valence electrons. The average molecular weight is 334 g/mol. The van der Waals surface area contributed by atoms with Crippen molar-refractivity contribution in [1.29, 1.82) is 0 Å². The number of nitrogens with zero attached hydrogens (tertiary/aromatic N) is 2. The molecule has 24 heavy (non-hydrogen) atoms. The van der Waals surface area contributed by atoms with E-state index in [1.807, 2.05) is 0 Å². The maximum absolute atomic E-state index is 12.5. The van der Waals surface area contributed by atoms with Crippen LogP contribution >= 0.6 is 0 Å². The van der Waals surface area contributed by atoms with E-state index in [1.165, 1.54) is 12.5 Å². The number of hydrogen-bond acceptors (Lipinski definition) is 7. The lowest BCUT2D eigenvalue weighted by atomic mass is 9.85. The van der Waals surface area contributed by atoms with Gasteiger partial charge in [-0.15, -0.1) is 0 Å². The van der Waals surface area contributed by atoms with Crippen molar-refractivity contribution in [3.05, 3.63) is 42.4 Å². The number of aromatic nitrogens is 2. The number of esters is 2. The first kappa shape index (κ1) is 17.5. The number of methoxy groups -OCH3 is 2. The number of rotatable bonds is 7. The Kier molecular flexibility index (Phi) is 5.51. The van der Waals surface area contributed by atoms with Crippen LogP contribution < -0.4 is 0 Å². The number of Topliss-reactive ketones (excluding diaryl/α,β-unsaturated/α-hetero) is 1. The molecule has 2 aromatic heterocycles. The van der Waals surface area contributed by atoms with Crippen LogP contribution in [0.5, 0.6) is 0 Å². The van der Waals surface area contributed by atoms with Crippen molar-refractivity contribution in [2.75, 3.05) is 14.2 Å². The third kappa shape index (κ3) is 3.53. The Hall–Kier alpha value is -2.90. The van der Waals surface area contributed by atoms with Crippen LogP contribution in [0.2, 0.25) is 0 Å². The number of aryl methyl sites for hydroxylation is 1. The number of carbonyl (C=O) groups is 3. The number of ketones is 1. The van der Waals surface area contributed by atoms with Gasteiger partial charge < -0.3 is 18.5 Å². The summed E-state index contributed by atoms with van der Waals surface area (Å²) in [4.78, 5) is 40.7. The number of ether oxygens (including phenoxy) is 2. The Bertz CT molecular complexity index is 703. The lowest BCUT2D eigenvalue weighted by Crippen LogP contribution is -2.33. The van der Waals surface area contributed by atoms with Gasteiger partial charge in [0, 0.05) is 31.8 Å². The molecule has 0 N–H and O–H groups in total. The van der Waals surface area contributed by atoms with Gasteiger partial charge in [0.05, 0.1) is 20.5 Å². The zero-order chi connectivity index (χ0) is 17.7. The van der Waals surface area contributed by atoms with Crippen molar-refractivity contribution in [3.8, 4) is 0 Å². The molecule has 0 spiro atoms. The highest BCUT2D eigenvalue weighted by atomic mass is 16.5. The molecular weight excluding hydrogens is 316 g/mol. The summed E-state index contributed by atoms with van der Waals surface area (Å²) in [5.41, 5.74) is 0. The fraction of sp³-hybridized carbons (Fsp3) is 0.375. The number of imidazole rings is 1. The molecule has 0 saturated heterocycles. The molecule has 8 nitrogen and oxygen atoms in total. The molecule has 0 aromatic carbocycles. The van der Waals surface area contributed by atoms with E-state index in [9.17, 15) is 14.4 Å². The molecule has 8 heteroatoms. The summed E-state index contributed by atoms with van der Waals surface area (Å²) < 4.78 is 16.3. The molecule has 0 aliphatic carbocycles. The summed E-state index contributed by atoms with van der Waals surface area (Å²) in [5.74, 6) is -3.55. The van der Waals surface area contributed by atoms with Gasteiger partial charge in [-0.1, -0.05) is 0 Å². The van der Waals surface area contributed by atoms with Gasteiger partial charge >= 0.3 is 11.9 Å². The maximum atomic E-state index is 12.5. The zero-order valence-corrected chi connectivity index (χ0v) is 13.6. The van der Waals surface area contributed by atoms with Crippen LogP contribution in [0.3, 0.4) is 0 Å². The van der Waals surface area contributed by atoms with E-state index in [0.29, 0.717) is 5.76 Å². The third-order valence-corrected chi connectivity index (χ3v) is 3.70. The van der Waals surface area contributed by atoms with Crippen molar-refractivity contribution in [2.24, 2.45) is 13.0 Å². The number of carbonyl (C=O) groups excluding carboxylic acids is 3. The standard InChI is InChI=1S/C16H18N2O6/c1-18-7-6-17-14(18)11(19)9-10(12-5-4-8-24-12)13(15(20)22-2)16(21)23-3/h4-8,10,13H,9H2,1-3H3. The van der Waals surface area contributed by atoms with Crippen molar-refractivity contribution >= 4 is 17.7 Å². The predicted molar refractivity (Wildman–Crippen MR) is 81.1 cm³/mol. The molecule has 0 aliphatic rings. The summed E-state index contributed by atoms with van der Waals surface area (Å²) in [7, 11) is 4.01. The highest BCUT2D eigenvalue weighted by Crippen LogP contribution is 2.32. The maximum Gasteiger partial charge on any atom is 0.320 e. The quantitative estimate of drug-likeness (QED) is 0.428. The highest BCUT2D eigenvalue weighted by molar-refractivity contribution is 5.98. The molecule has 0 amide bonds. The van der Waals surface area contributed by atoms with Gasteiger partial charge in [0.2, 0.25) is 0 Å². The Labute approximate surface area is 138 Å². The fourth-order valence-electron chi connectivity index (χ4n) is 2.49. The molecular formula is C16H18N2O6. The van der Waals surface area contributed by atoms with Crippen molar-refractivity contribution in [1.82, 2.24) is 9.55 Å². The Balaban J connectivity index is 2.37. The second-order valence-electron chi connectivity index (χ2n) is 5.13. The Morgan fingerprint density at radius 3 is 2.38 bits per heavy atom. The van der Waals surface area contributed by atoms with Crippen molar-refractivity contribution in [2.45, 2.75) is 12.3 Å². The van der Waals surface area contributed by atoms with E-state index >= 15 is 0 Å². The topological polar surface area (TPSA) is 101 Å². The molecule has 0 saturated carbocycles. The third-order valence-electron chi connectivity index (χ3n) is 3.70. The van der Waals surface area contributed by atoms with Crippen LogP contribution in [-0.2, 0) is 26.1 Å². The summed E-state index contributed by atoms with van der Waals surface area (Å²) >= 11 is 0. The molecule has 2 rings (SSSR count). The van der Waals surface area contributed by atoms with Gasteiger partial charge in [-0.3, -0.25) is 14.4 Å². The lowest BCUT2D eigenvalue weighted by Gasteiger charge is -2.21. The first-order valence-electron chi connectivity index (χ1n) is 7.19. The zero-order valence-electron chi connectivity index (χ0n) is 13.6. The Morgan fingerprint density at radius 1 is 1.25 bits per heavy atom. The van der Waals surface area contributed by atoms with E-state index < -0.39 is 23.8 Å². The van der Waals surface area contributed by atoms with Gasteiger partial charge in [-0.25, -0.2) is 4.98 Å². The summed E-state index contributed by atoms with van der Waals surface area (Å²) in [5, 5.41) is 0. The summed E-state index contributed by atoms with van der Waals surface area (Å²) in [6, 6.07) is 3.20. The second kappa shape index (κ2) is 7.58. The normalized spacial score (nSPS) is 12.0. The lowest BCUT2D eigenvalue weighted by molar-refractivity contribution is -0.160. The Morgan fingerprint density at radius 2 is 1.92 bits per heavy atom. The van der Waals surface area contributed by atoms with Crippen LogP contribution in [0.25, 0.3) is 0 Å². The molecule has 0 radical (unpaired) electrons. The molecule has 0 fully saturated rings. The van der Waals surface area contributed by atoms with E-state index in [-0.39, 0.29) is 18.0 Å². The van der Waals surface area contributed by atoms with Gasteiger partial charge in [0.25, 0.3) is 0 Å². The minimum atomic E-state index is -1.31. The van der Waals surface area contributed by atoms with Gasteiger partial charge in [-0.05, 0) is 12.1 Å². The van der Waals surface area contributed by atoms with E-state index in [2.05, 4.69) is 4.98 Å². The van der Waals surface area contributed by atoms with E-state index in [4.69, 9.17) is 13.9 Å². The smallest absolute Gasteiger partial charge is 0.320 e. The SMILES string of the molecule is COC(=O)C(C(=O)OC)C(CC(=O)c1nccn1C)c1ccco1. The molecule has 0 aliphatic heterocycles. The monoisotopic (exact) mass is 334 g/mol.